The smallest absolute Gasteiger partial charge is 0.240 e. The first kappa shape index (κ1) is 27.1. The quantitative estimate of drug-likeness (QED) is 0.602. The van der Waals surface area contributed by atoms with Crippen LogP contribution in [0.5, 0.6) is 0 Å². The van der Waals surface area contributed by atoms with Crippen molar-refractivity contribution >= 4 is 17.5 Å². The number of benzene rings is 1. The number of rotatable bonds is 7. The summed E-state index contributed by atoms with van der Waals surface area (Å²) in [6.07, 6.45) is 6.13. The van der Waals surface area contributed by atoms with Gasteiger partial charge in [-0.3, -0.25) is 14.5 Å². The van der Waals surface area contributed by atoms with E-state index in [9.17, 15) is 9.59 Å². The number of carbonyl (C=O) groups excluding carboxylic acids is 2. The van der Waals surface area contributed by atoms with E-state index in [0.29, 0.717) is 44.2 Å². The third-order valence-electron chi connectivity index (χ3n) is 8.06. The highest BCUT2D eigenvalue weighted by atomic mass is 16.5. The van der Waals surface area contributed by atoms with E-state index < -0.39 is 5.41 Å². The minimum atomic E-state index is -0.432. The Morgan fingerprint density at radius 2 is 1.86 bits per heavy atom. The number of fused-ring (bicyclic) bond motifs is 1. The minimum Gasteiger partial charge on any atom is -0.378 e. The highest BCUT2D eigenvalue weighted by Crippen LogP contribution is 2.32. The van der Waals surface area contributed by atoms with Crippen molar-refractivity contribution < 1.29 is 14.3 Å². The number of carbonyl (C=O) groups is 2. The third-order valence-corrected chi connectivity index (χ3v) is 8.06. The molecule has 7 heteroatoms. The van der Waals surface area contributed by atoms with Gasteiger partial charge in [-0.05, 0) is 87.3 Å². The zero-order valence-corrected chi connectivity index (χ0v) is 22.8. The number of hydrogen-bond donors (Lipinski definition) is 2. The average Bonchev–Trinajstić information content (AvgIpc) is 2.88. The first-order valence-corrected chi connectivity index (χ1v) is 14.0. The molecular weight excluding hydrogens is 452 g/mol. The lowest BCUT2D eigenvalue weighted by Crippen LogP contribution is -2.59. The number of piperidine rings is 1. The molecule has 1 aromatic carbocycles. The Hall–Kier alpha value is -1.96. The summed E-state index contributed by atoms with van der Waals surface area (Å²) >= 11 is 0. The monoisotopic (exact) mass is 498 g/mol. The standard InChI is InChI=1S/C29H46N4O3/c1-5-14-33(26(22-10-12-30-13-11-22)27(34)32-15-17-36-18-16-32)25-9-7-21-6-8-24(19-23(21)20-25)31-28(35)29(2,3)4/h6,8,19,22,25-26,30H,5,7,9-18,20H2,1-4H3,(H,31,35). The molecule has 2 heterocycles. The van der Waals surface area contributed by atoms with E-state index in [1.54, 1.807) is 0 Å². The molecule has 0 radical (unpaired) electrons. The first-order valence-electron chi connectivity index (χ1n) is 14.0. The summed E-state index contributed by atoms with van der Waals surface area (Å²) in [6, 6.07) is 6.64. The molecule has 3 aliphatic rings. The fourth-order valence-electron chi connectivity index (χ4n) is 5.97. The molecule has 1 aliphatic carbocycles. The van der Waals surface area contributed by atoms with Crippen LogP contribution in [0.3, 0.4) is 0 Å². The molecule has 4 rings (SSSR count). The SMILES string of the molecule is CCCN(C1CCc2ccc(NC(=O)C(C)(C)C)cc2C1)C(C(=O)N1CCOCC1)C1CCNCC1. The van der Waals surface area contributed by atoms with Crippen LogP contribution in [0.15, 0.2) is 18.2 Å². The molecule has 0 saturated carbocycles. The van der Waals surface area contributed by atoms with E-state index in [1.807, 2.05) is 26.8 Å². The maximum atomic E-state index is 14.0. The van der Waals surface area contributed by atoms with Gasteiger partial charge < -0.3 is 20.3 Å². The number of hydrogen-bond acceptors (Lipinski definition) is 5. The largest absolute Gasteiger partial charge is 0.378 e. The van der Waals surface area contributed by atoms with Gasteiger partial charge in [-0.15, -0.1) is 0 Å². The van der Waals surface area contributed by atoms with Crippen LogP contribution in [0.2, 0.25) is 0 Å². The second-order valence-corrected chi connectivity index (χ2v) is 11.8. The molecule has 2 fully saturated rings. The van der Waals surface area contributed by atoms with E-state index in [0.717, 1.165) is 63.8 Å². The van der Waals surface area contributed by atoms with Crippen molar-refractivity contribution in [2.45, 2.75) is 78.3 Å². The molecule has 7 nitrogen and oxygen atoms in total. The lowest BCUT2D eigenvalue weighted by atomic mass is 9.82. The average molecular weight is 499 g/mol. The number of aryl methyl sites for hydroxylation is 1. The van der Waals surface area contributed by atoms with Gasteiger partial charge in [-0.1, -0.05) is 33.8 Å². The van der Waals surface area contributed by atoms with Crippen LogP contribution < -0.4 is 10.6 Å². The molecule has 0 spiro atoms. The topological polar surface area (TPSA) is 73.9 Å². The van der Waals surface area contributed by atoms with Crippen molar-refractivity contribution in [3.8, 4) is 0 Å². The number of ether oxygens (including phenoxy) is 1. The Morgan fingerprint density at radius 1 is 1.14 bits per heavy atom. The van der Waals surface area contributed by atoms with Crippen LogP contribution in [-0.4, -0.2) is 79.6 Å². The molecule has 0 aromatic heterocycles. The van der Waals surface area contributed by atoms with Gasteiger partial charge in [-0.25, -0.2) is 0 Å². The van der Waals surface area contributed by atoms with Gasteiger partial charge in [0, 0.05) is 30.2 Å². The number of nitrogens with one attached hydrogen (secondary N) is 2. The summed E-state index contributed by atoms with van der Waals surface area (Å²) in [5.74, 6) is 0.715. The molecule has 2 aliphatic heterocycles. The van der Waals surface area contributed by atoms with Crippen molar-refractivity contribution in [1.82, 2.24) is 15.1 Å². The zero-order chi connectivity index (χ0) is 25.7. The van der Waals surface area contributed by atoms with Crippen molar-refractivity contribution in [3.63, 3.8) is 0 Å². The highest BCUT2D eigenvalue weighted by Gasteiger charge is 2.40. The zero-order valence-electron chi connectivity index (χ0n) is 22.8. The van der Waals surface area contributed by atoms with Gasteiger partial charge in [0.25, 0.3) is 0 Å². The fourth-order valence-corrected chi connectivity index (χ4v) is 5.97. The Morgan fingerprint density at radius 3 is 2.53 bits per heavy atom. The predicted molar refractivity (Wildman–Crippen MR) is 144 cm³/mol. The van der Waals surface area contributed by atoms with Crippen LogP contribution in [0.1, 0.15) is 64.5 Å². The van der Waals surface area contributed by atoms with Crippen molar-refractivity contribution in [3.05, 3.63) is 29.3 Å². The molecule has 1 aromatic rings. The number of morpholine rings is 1. The Kier molecular flexibility index (Phi) is 9.07. The third kappa shape index (κ3) is 6.48. The lowest BCUT2D eigenvalue weighted by Gasteiger charge is -2.45. The molecule has 2 saturated heterocycles. The summed E-state index contributed by atoms with van der Waals surface area (Å²) in [5, 5.41) is 6.59. The van der Waals surface area contributed by atoms with Crippen molar-refractivity contribution in [2.75, 3.05) is 51.3 Å². The van der Waals surface area contributed by atoms with E-state index in [1.165, 1.54) is 11.1 Å². The molecular formula is C29H46N4O3. The van der Waals surface area contributed by atoms with Crippen molar-refractivity contribution in [2.24, 2.45) is 11.3 Å². The van der Waals surface area contributed by atoms with Crippen LogP contribution in [0.4, 0.5) is 5.69 Å². The van der Waals surface area contributed by atoms with Gasteiger partial charge in [-0.2, -0.15) is 0 Å². The van der Waals surface area contributed by atoms with Gasteiger partial charge in [0.2, 0.25) is 11.8 Å². The van der Waals surface area contributed by atoms with Gasteiger partial charge in [0.1, 0.15) is 0 Å². The number of amides is 2. The lowest BCUT2D eigenvalue weighted by molar-refractivity contribution is -0.145. The molecule has 2 amide bonds. The summed E-state index contributed by atoms with van der Waals surface area (Å²) in [7, 11) is 0. The molecule has 2 unspecified atom stereocenters. The summed E-state index contributed by atoms with van der Waals surface area (Å²) in [5.41, 5.74) is 3.12. The summed E-state index contributed by atoms with van der Waals surface area (Å²) in [6.45, 7) is 13.6. The Bertz CT molecular complexity index is 900. The summed E-state index contributed by atoms with van der Waals surface area (Å²) < 4.78 is 5.55. The van der Waals surface area contributed by atoms with Crippen LogP contribution in [-0.2, 0) is 27.2 Å². The second-order valence-electron chi connectivity index (χ2n) is 11.8. The molecule has 0 bridgehead atoms. The maximum Gasteiger partial charge on any atom is 0.240 e. The molecule has 36 heavy (non-hydrogen) atoms. The molecule has 2 atom stereocenters. The molecule has 2 N–H and O–H groups in total. The maximum absolute atomic E-state index is 14.0. The predicted octanol–water partition coefficient (Wildman–Crippen LogP) is 3.47. The first-order chi connectivity index (χ1) is 17.3. The van der Waals surface area contributed by atoms with Crippen molar-refractivity contribution in [1.29, 1.82) is 0 Å². The van der Waals surface area contributed by atoms with E-state index in [4.69, 9.17) is 4.74 Å². The summed E-state index contributed by atoms with van der Waals surface area (Å²) in [4.78, 5) is 31.2. The van der Waals surface area contributed by atoms with E-state index in [2.05, 4.69) is 39.5 Å². The number of nitrogens with zero attached hydrogens (tertiary/aromatic N) is 2. The van der Waals surface area contributed by atoms with E-state index in [-0.39, 0.29) is 11.9 Å². The van der Waals surface area contributed by atoms with E-state index >= 15 is 0 Å². The number of anilines is 1. The fraction of sp³-hybridized carbons (Fsp3) is 0.724. The van der Waals surface area contributed by atoms with Gasteiger partial charge in [0.05, 0.1) is 19.3 Å². The Balaban J connectivity index is 1.57. The van der Waals surface area contributed by atoms with Gasteiger partial charge >= 0.3 is 0 Å². The Labute approximate surface area is 217 Å². The second kappa shape index (κ2) is 12.1. The van der Waals surface area contributed by atoms with Gasteiger partial charge in [0.15, 0.2) is 0 Å². The van der Waals surface area contributed by atoms with Crippen LogP contribution in [0, 0.1) is 11.3 Å². The van der Waals surface area contributed by atoms with Crippen LogP contribution >= 0.6 is 0 Å². The minimum absolute atomic E-state index is 0.0319. The molecule has 200 valence electrons. The highest BCUT2D eigenvalue weighted by molar-refractivity contribution is 5.94. The normalized spacial score (nSPS) is 22.2. The van der Waals surface area contributed by atoms with Crippen LogP contribution in [0.25, 0.3) is 0 Å².